The van der Waals surface area contributed by atoms with Gasteiger partial charge < -0.3 is 43.2 Å². The molecule has 0 bridgehead atoms. The highest BCUT2D eigenvalue weighted by Crippen LogP contribution is 2.36. The number of ether oxygens (including phenoxy) is 7. The van der Waals surface area contributed by atoms with Crippen molar-refractivity contribution in [1.29, 1.82) is 0 Å². The van der Waals surface area contributed by atoms with Crippen LogP contribution in [0.15, 0.2) is 30.3 Å². The minimum absolute atomic E-state index is 0.118. The van der Waals surface area contributed by atoms with Crippen molar-refractivity contribution in [1.82, 2.24) is 9.80 Å². The van der Waals surface area contributed by atoms with Crippen LogP contribution in [0.1, 0.15) is 133 Å². The number of esters is 3. The summed E-state index contributed by atoms with van der Waals surface area (Å²) in [5.41, 5.74) is -1.86. The molecule has 3 saturated heterocycles. The average molecular weight is 847 g/mol. The van der Waals surface area contributed by atoms with Crippen LogP contribution < -0.4 is 0 Å². The van der Waals surface area contributed by atoms with Gasteiger partial charge in [-0.1, -0.05) is 56.5 Å². The van der Waals surface area contributed by atoms with Crippen LogP contribution in [0.2, 0.25) is 0 Å². The number of carbonyl (C=O) groups excluding carboxylic acids is 4. The number of likely N-dealkylation sites (tertiary alicyclic amines) is 1. The first-order valence-electron chi connectivity index (χ1n) is 22.1. The normalized spacial score (nSPS) is 25.0. The Labute approximate surface area is 358 Å². The summed E-state index contributed by atoms with van der Waals surface area (Å²) in [7, 11) is 0. The second-order valence-corrected chi connectivity index (χ2v) is 19.7. The van der Waals surface area contributed by atoms with Crippen molar-refractivity contribution in [3.63, 3.8) is 0 Å². The fourth-order valence-electron chi connectivity index (χ4n) is 7.51. The molecule has 3 aliphatic rings. The van der Waals surface area contributed by atoms with Crippen molar-refractivity contribution in [2.45, 2.75) is 183 Å². The molecule has 0 aliphatic carbocycles. The maximum absolute atomic E-state index is 14.2. The van der Waals surface area contributed by atoms with Gasteiger partial charge in [0.1, 0.15) is 6.61 Å². The molecule has 60 heavy (non-hydrogen) atoms. The van der Waals surface area contributed by atoms with Gasteiger partial charge >= 0.3 is 24.0 Å². The molecule has 1 N–H and O–H groups in total. The fraction of sp³-hybridized carbons (Fsp3) is 0.783. The van der Waals surface area contributed by atoms with Crippen molar-refractivity contribution >= 4 is 24.0 Å². The fourth-order valence-corrected chi connectivity index (χ4v) is 7.51. The number of piperidine rings is 1. The molecule has 3 aliphatic heterocycles. The Bertz CT molecular complexity index is 1510. The average Bonchev–Trinajstić information content (AvgIpc) is 3.70. The number of rotatable bonds is 17. The minimum atomic E-state index is -1.20. The standard InChI is InChI=1S/C46H74N2O12/c1-11-12-14-20-32(48(23-17-21-36-54-25-26-55-36)43(53)57-29-31-18-15-13-16-19-31)27-33-28-34(49)22-24-47(33)39-38(60-42(52)46(8,9)10)37(59-41(51)45(5,6)7)35(30-56-39)58-40(50)44(2,3)4/h13,15-16,18-19,32-39,49H,11-12,14,17,20-30H2,1-10H3/t32-,33+,34?,35-,37?,38?,39+/m1/s1. The van der Waals surface area contributed by atoms with Crippen LogP contribution in [0.4, 0.5) is 4.79 Å². The lowest BCUT2D eigenvalue weighted by Crippen LogP contribution is -2.66. The molecule has 340 valence electrons. The van der Waals surface area contributed by atoms with Crippen LogP contribution in [0.3, 0.4) is 0 Å². The number of benzene rings is 1. The summed E-state index contributed by atoms with van der Waals surface area (Å²) in [6, 6.07) is 8.91. The van der Waals surface area contributed by atoms with E-state index in [1.54, 1.807) is 62.3 Å². The molecule has 0 radical (unpaired) electrons. The number of hydrogen-bond acceptors (Lipinski definition) is 13. The maximum Gasteiger partial charge on any atom is 0.410 e. The molecule has 1 aromatic carbocycles. The van der Waals surface area contributed by atoms with Crippen molar-refractivity contribution in [2.75, 3.05) is 32.9 Å². The quantitative estimate of drug-likeness (QED) is 0.0956. The highest BCUT2D eigenvalue weighted by Gasteiger charge is 2.53. The number of aliphatic hydroxyl groups is 1. The topological polar surface area (TPSA) is 160 Å². The van der Waals surface area contributed by atoms with Gasteiger partial charge in [0, 0.05) is 31.6 Å². The Hall–Kier alpha value is -3.30. The first-order chi connectivity index (χ1) is 28.2. The number of amides is 1. The largest absolute Gasteiger partial charge is 0.455 e. The highest BCUT2D eigenvalue weighted by atomic mass is 16.7. The lowest BCUT2D eigenvalue weighted by atomic mass is 9.89. The first-order valence-corrected chi connectivity index (χ1v) is 22.1. The smallest absolute Gasteiger partial charge is 0.410 e. The van der Waals surface area contributed by atoms with Gasteiger partial charge in [-0.3, -0.25) is 19.3 Å². The summed E-state index contributed by atoms with van der Waals surface area (Å²) in [6.45, 7) is 19.5. The summed E-state index contributed by atoms with van der Waals surface area (Å²) in [5.74, 6) is -1.62. The second-order valence-electron chi connectivity index (χ2n) is 19.7. The lowest BCUT2D eigenvalue weighted by molar-refractivity contribution is -0.265. The van der Waals surface area contributed by atoms with Crippen molar-refractivity contribution in [3.8, 4) is 0 Å². The van der Waals surface area contributed by atoms with E-state index in [0.29, 0.717) is 64.8 Å². The van der Waals surface area contributed by atoms with Gasteiger partial charge in [0.25, 0.3) is 0 Å². The minimum Gasteiger partial charge on any atom is -0.455 e. The van der Waals surface area contributed by atoms with Gasteiger partial charge in [-0.2, -0.15) is 0 Å². The van der Waals surface area contributed by atoms with Crippen LogP contribution in [0, 0.1) is 16.2 Å². The molecule has 3 heterocycles. The van der Waals surface area contributed by atoms with Crippen LogP contribution in [-0.4, -0.2) is 121 Å². The third-order valence-corrected chi connectivity index (χ3v) is 11.1. The van der Waals surface area contributed by atoms with Crippen molar-refractivity contribution in [3.05, 3.63) is 35.9 Å². The van der Waals surface area contributed by atoms with E-state index in [2.05, 4.69) is 11.8 Å². The second kappa shape index (κ2) is 22.2. The zero-order valence-electron chi connectivity index (χ0n) is 37.9. The Morgan fingerprint density at radius 2 is 1.42 bits per heavy atom. The van der Waals surface area contributed by atoms with E-state index in [1.807, 2.05) is 35.2 Å². The van der Waals surface area contributed by atoms with E-state index in [1.165, 1.54) is 0 Å². The summed E-state index contributed by atoms with van der Waals surface area (Å²) in [6.07, 6.45) is 0.164. The molecule has 3 fully saturated rings. The van der Waals surface area contributed by atoms with Gasteiger partial charge in [-0.05, 0) is 100.0 Å². The molecule has 1 aromatic rings. The number of unbranched alkanes of at least 4 members (excludes halogenated alkanes) is 2. The molecule has 3 unspecified atom stereocenters. The summed E-state index contributed by atoms with van der Waals surface area (Å²) < 4.78 is 42.5. The number of hydrogen-bond donors (Lipinski definition) is 1. The Kier molecular flexibility index (Phi) is 18.2. The highest BCUT2D eigenvalue weighted by molar-refractivity contribution is 5.77. The maximum atomic E-state index is 14.2. The molecule has 14 heteroatoms. The molecule has 4 rings (SSSR count). The molecular formula is C46H74N2O12. The van der Waals surface area contributed by atoms with Gasteiger partial charge in [0.05, 0.1) is 42.2 Å². The Morgan fingerprint density at radius 3 is 2.02 bits per heavy atom. The van der Waals surface area contributed by atoms with E-state index in [0.717, 1.165) is 24.8 Å². The van der Waals surface area contributed by atoms with E-state index < -0.39 is 70.9 Å². The van der Waals surface area contributed by atoms with Crippen LogP contribution in [-0.2, 0) is 54.1 Å². The third kappa shape index (κ3) is 14.7. The van der Waals surface area contributed by atoms with Crippen molar-refractivity contribution < 1.29 is 57.4 Å². The van der Waals surface area contributed by atoms with E-state index in [9.17, 15) is 24.3 Å². The van der Waals surface area contributed by atoms with Gasteiger partial charge in [-0.15, -0.1) is 0 Å². The van der Waals surface area contributed by atoms with E-state index >= 15 is 0 Å². The number of carbonyl (C=O) groups is 4. The predicted octanol–water partition coefficient (Wildman–Crippen LogP) is 7.17. The number of nitrogens with zero attached hydrogens (tertiary/aromatic N) is 2. The first kappa shape index (κ1) is 49.4. The Balaban J connectivity index is 1.72. The summed E-state index contributed by atoms with van der Waals surface area (Å²) in [5, 5.41) is 11.2. The van der Waals surface area contributed by atoms with E-state index in [4.69, 9.17) is 33.2 Å². The zero-order chi connectivity index (χ0) is 44.3. The molecular weight excluding hydrogens is 773 g/mol. The zero-order valence-corrected chi connectivity index (χ0v) is 37.9. The third-order valence-electron chi connectivity index (χ3n) is 11.1. The molecule has 14 nitrogen and oxygen atoms in total. The van der Waals surface area contributed by atoms with Gasteiger partial charge in [-0.25, -0.2) is 4.79 Å². The van der Waals surface area contributed by atoms with Crippen LogP contribution >= 0.6 is 0 Å². The van der Waals surface area contributed by atoms with Crippen molar-refractivity contribution in [2.24, 2.45) is 16.2 Å². The summed E-state index contributed by atoms with van der Waals surface area (Å²) in [4.78, 5) is 58.9. The van der Waals surface area contributed by atoms with Crippen LogP contribution in [0.5, 0.6) is 0 Å². The molecule has 0 spiro atoms. The van der Waals surface area contributed by atoms with Gasteiger partial charge in [0.15, 0.2) is 30.8 Å². The van der Waals surface area contributed by atoms with E-state index in [-0.39, 0.29) is 31.6 Å². The predicted molar refractivity (Wildman–Crippen MR) is 224 cm³/mol. The monoisotopic (exact) mass is 847 g/mol. The molecule has 0 saturated carbocycles. The molecule has 0 aromatic heterocycles. The van der Waals surface area contributed by atoms with Crippen LogP contribution in [0.25, 0.3) is 0 Å². The SMILES string of the molecule is CCCCC[C@H](C[C@H]1CC(O)CCN1[C@H]1OC[C@@H](OC(=O)C(C)(C)C)C(OC(=O)C(C)(C)C)C1OC(=O)C(C)(C)C)N(CCCC1OCCO1)C(=O)OCc1ccccc1. The molecule has 1 amide bonds. The lowest BCUT2D eigenvalue weighted by Gasteiger charge is -2.50. The number of aliphatic hydroxyl groups excluding tert-OH is 1. The molecule has 7 atom stereocenters. The Morgan fingerprint density at radius 1 is 0.817 bits per heavy atom. The van der Waals surface area contributed by atoms with Gasteiger partial charge in [0.2, 0.25) is 0 Å². The summed E-state index contributed by atoms with van der Waals surface area (Å²) >= 11 is 0.